The van der Waals surface area contributed by atoms with Crippen LogP contribution in [-0.2, 0) is 10.3 Å². The molecule has 140 valence electrons. The first-order valence-corrected chi connectivity index (χ1v) is 8.58. The average molecular weight is 364 g/mol. The van der Waals surface area contributed by atoms with Crippen LogP contribution in [0, 0.1) is 0 Å². The van der Waals surface area contributed by atoms with Crippen molar-refractivity contribution in [3.8, 4) is 5.75 Å². The highest BCUT2D eigenvalue weighted by atomic mass is 19.3. The molecule has 0 bridgehead atoms. The van der Waals surface area contributed by atoms with Gasteiger partial charge in [0.25, 0.3) is 0 Å². The predicted octanol–water partition coefficient (Wildman–Crippen LogP) is 2.44. The highest BCUT2D eigenvalue weighted by Crippen LogP contribution is 2.30. The maximum Gasteiger partial charge on any atom is 0.387 e. The third-order valence-corrected chi connectivity index (χ3v) is 4.75. The molecule has 1 aromatic carbocycles. The van der Waals surface area contributed by atoms with E-state index < -0.39 is 18.2 Å². The van der Waals surface area contributed by atoms with E-state index in [2.05, 4.69) is 20.5 Å². The molecule has 0 spiro atoms. The number of para-hydroxylation sites is 1. The van der Waals surface area contributed by atoms with Crippen molar-refractivity contribution in [1.82, 2.24) is 20.4 Å². The summed E-state index contributed by atoms with van der Waals surface area (Å²) in [5.41, 5.74) is -0.285. The van der Waals surface area contributed by atoms with Gasteiger partial charge in [-0.1, -0.05) is 18.2 Å². The molecule has 6 nitrogen and oxygen atoms in total. The third kappa shape index (κ3) is 3.70. The SMILES string of the molecule is CC(NC(=O)C1(n2cccn2)CCNCC1)c1ccccc1OC(F)F. The van der Waals surface area contributed by atoms with Crippen LogP contribution in [0.5, 0.6) is 5.75 Å². The number of nitrogens with zero attached hydrogens (tertiary/aromatic N) is 2. The molecule has 1 fully saturated rings. The molecule has 1 amide bonds. The van der Waals surface area contributed by atoms with Crippen LogP contribution in [0.4, 0.5) is 8.78 Å². The number of amides is 1. The highest BCUT2D eigenvalue weighted by molar-refractivity contribution is 5.85. The van der Waals surface area contributed by atoms with Crippen LogP contribution in [0.15, 0.2) is 42.7 Å². The van der Waals surface area contributed by atoms with Gasteiger partial charge >= 0.3 is 6.61 Å². The Morgan fingerprint density at radius 1 is 1.31 bits per heavy atom. The standard InChI is InChI=1S/C18H22F2N4O2/c1-13(14-5-2-3-6-15(14)26-17(19)20)23-16(25)18(7-10-21-11-8-18)24-12-4-9-22-24/h2-6,9,12-13,17,21H,7-8,10-11H2,1H3,(H,23,25). The fraction of sp³-hybridized carbons (Fsp3) is 0.444. The number of alkyl halides is 2. The van der Waals surface area contributed by atoms with Gasteiger partial charge < -0.3 is 15.4 Å². The molecule has 2 N–H and O–H groups in total. The molecule has 0 saturated carbocycles. The smallest absolute Gasteiger partial charge is 0.387 e. The van der Waals surface area contributed by atoms with E-state index in [4.69, 9.17) is 0 Å². The molecule has 8 heteroatoms. The van der Waals surface area contributed by atoms with E-state index in [9.17, 15) is 13.6 Å². The lowest BCUT2D eigenvalue weighted by Crippen LogP contribution is -2.55. The first-order chi connectivity index (χ1) is 12.5. The van der Waals surface area contributed by atoms with Crippen molar-refractivity contribution in [1.29, 1.82) is 0 Å². The Hall–Kier alpha value is -2.48. The van der Waals surface area contributed by atoms with Crippen molar-refractivity contribution in [2.75, 3.05) is 13.1 Å². The number of carbonyl (C=O) groups is 1. The van der Waals surface area contributed by atoms with Crippen molar-refractivity contribution >= 4 is 5.91 Å². The second-order valence-corrected chi connectivity index (χ2v) is 6.34. The van der Waals surface area contributed by atoms with Gasteiger partial charge in [-0.3, -0.25) is 9.48 Å². The van der Waals surface area contributed by atoms with Crippen molar-refractivity contribution in [2.45, 2.75) is 38.0 Å². The molecule has 26 heavy (non-hydrogen) atoms. The Morgan fingerprint density at radius 3 is 2.69 bits per heavy atom. The lowest BCUT2D eigenvalue weighted by molar-refractivity contribution is -0.132. The maximum absolute atomic E-state index is 13.1. The Morgan fingerprint density at radius 2 is 2.04 bits per heavy atom. The lowest BCUT2D eigenvalue weighted by Gasteiger charge is -2.37. The van der Waals surface area contributed by atoms with Crippen molar-refractivity contribution in [3.05, 3.63) is 48.3 Å². The Kier molecular flexibility index (Phi) is 5.51. The summed E-state index contributed by atoms with van der Waals surface area (Å²) in [6.45, 7) is 0.238. The zero-order valence-corrected chi connectivity index (χ0v) is 14.5. The summed E-state index contributed by atoms with van der Waals surface area (Å²) in [5, 5.41) is 10.5. The monoisotopic (exact) mass is 364 g/mol. The topological polar surface area (TPSA) is 68.2 Å². The van der Waals surface area contributed by atoms with E-state index in [1.807, 2.05) is 0 Å². The summed E-state index contributed by atoms with van der Waals surface area (Å²) < 4.78 is 31.5. The number of rotatable bonds is 6. The van der Waals surface area contributed by atoms with Gasteiger partial charge in [-0.25, -0.2) is 0 Å². The second kappa shape index (κ2) is 7.82. The van der Waals surface area contributed by atoms with Crippen molar-refractivity contribution < 1.29 is 18.3 Å². The molecule has 1 unspecified atom stereocenters. The number of hydrogen-bond donors (Lipinski definition) is 2. The van der Waals surface area contributed by atoms with Gasteiger partial charge in [0.05, 0.1) is 6.04 Å². The molecule has 2 heterocycles. The fourth-order valence-corrected chi connectivity index (χ4v) is 3.37. The second-order valence-electron chi connectivity index (χ2n) is 6.34. The number of ether oxygens (including phenoxy) is 1. The Labute approximate surface area is 150 Å². The van der Waals surface area contributed by atoms with Gasteiger partial charge in [-0.15, -0.1) is 0 Å². The number of nitrogens with one attached hydrogen (secondary N) is 2. The molecule has 0 radical (unpaired) electrons. The third-order valence-electron chi connectivity index (χ3n) is 4.75. The molecule has 2 aromatic rings. The average Bonchev–Trinajstić information content (AvgIpc) is 3.17. The zero-order chi connectivity index (χ0) is 18.6. The van der Waals surface area contributed by atoms with Gasteiger partial charge in [0.15, 0.2) is 0 Å². The van der Waals surface area contributed by atoms with Gasteiger partial charge in [-0.2, -0.15) is 13.9 Å². The molecular formula is C18H22F2N4O2. The summed E-state index contributed by atoms with van der Waals surface area (Å²) in [6.07, 6.45) is 4.63. The van der Waals surface area contributed by atoms with Gasteiger partial charge in [0.1, 0.15) is 11.3 Å². The first-order valence-electron chi connectivity index (χ1n) is 8.58. The van der Waals surface area contributed by atoms with E-state index in [1.54, 1.807) is 48.3 Å². The summed E-state index contributed by atoms with van der Waals surface area (Å²) in [7, 11) is 0. The summed E-state index contributed by atoms with van der Waals surface area (Å²) in [5.74, 6) is -0.115. The number of halogens is 2. The molecule has 3 rings (SSSR count). The number of piperidine rings is 1. The molecule has 1 atom stereocenters. The van der Waals surface area contributed by atoms with Crippen LogP contribution in [0.3, 0.4) is 0 Å². The first kappa shape index (κ1) is 18.3. The number of hydrogen-bond acceptors (Lipinski definition) is 4. The zero-order valence-electron chi connectivity index (χ0n) is 14.5. The van der Waals surface area contributed by atoms with Crippen molar-refractivity contribution in [2.24, 2.45) is 0 Å². The van der Waals surface area contributed by atoms with E-state index >= 15 is 0 Å². The largest absolute Gasteiger partial charge is 0.434 e. The predicted molar refractivity (Wildman–Crippen MR) is 91.9 cm³/mol. The van der Waals surface area contributed by atoms with E-state index in [1.165, 1.54) is 6.07 Å². The normalized spacial score (nSPS) is 17.7. The van der Waals surface area contributed by atoms with Crippen LogP contribution in [0.2, 0.25) is 0 Å². The van der Waals surface area contributed by atoms with Crippen molar-refractivity contribution in [3.63, 3.8) is 0 Å². The maximum atomic E-state index is 13.1. The molecule has 0 aliphatic carbocycles. The summed E-state index contributed by atoms with van der Waals surface area (Å²) in [4.78, 5) is 13.1. The highest BCUT2D eigenvalue weighted by Gasteiger charge is 2.42. The number of aromatic nitrogens is 2. The molecular weight excluding hydrogens is 342 g/mol. The fourth-order valence-electron chi connectivity index (χ4n) is 3.37. The van der Waals surface area contributed by atoms with Crippen LogP contribution in [-0.4, -0.2) is 35.4 Å². The minimum absolute atomic E-state index is 0.0637. The molecule has 1 aliphatic heterocycles. The summed E-state index contributed by atoms with van der Waals surface area (Å²) >= 11 is 0. The van der Waals surface area contributed by atoms with Crippen LogP contribution in [0.1, 0.15) is 31.4 Å². The Bertz CT molecular complexity index is 731. The van der Waals surface area contributed by atoms with Gasteiger partial charge in [-0.05, 0) is 45.0 Å². The van der Waals surface area contributed by atoms with Crippen LogP contribution in [0.25, 0.3) is 0 Å². The lowest BCUT2D eigenvalue weighted by atomic mass is 9.87. The molecule has 1 saturated heterocycles. The van der Waals surface area contributed by atoms with E-state index in [0.29, 0.717) is 31.5 Å². The molecule has 1 aliphatic rings. The van der Waals surface area contributed by atoms with Gasteiger partial charge in [0, 0.05) is 18.0 Å². The van der Waals surface area contributed by atoms with E-state index in [0.717, 1.165) is 0 Å². The Balaban J connectivity index is 1.82. The number of benzene rings is 1. The molecule has 1 aromatic heterocycles. The minimum Gasteiger partial charge on any atom is -0.434 e. The quantitative estimate of drug-likeness (QED) is 0.826. The van der Waals surface area contributed by atoms with Crippen LogP contribution < -0.4 is 15.4 Å². The minimum atomic E-state index is -2.92. The van der Waals surface area contributed by atoms with Gasteiger partial charge in [0.2, 0.25) is 5.91 Å². The van der Waals surface area contributed by atoms with Crippen LogP contribution >= 0.6 is 0 Å². The number of carbonyl (C=O) groups excluding carboxylic acids is 1. The van der Waals surface area contributed by atoms with E-state index in [-0.39, 0.29) is 11.7 Å². The summed E-state index contributed by atoms with van der Waals surface area (Å²) in [6, 6.07) is 7.79.